The number of anilines is 1. The highest BCUT2D eigenvalue weighted by molar-refractivity contribution is 6.31. The van der Waals surface area contributed by atoms with Crippen molar-refractivity contribution in [3.63, 3.8) is 0 Å². The van der Waals surface area contributed by atoms with Gasteiger partial charge in [-0.15, -0.1) is 0 Å². The number of hydrogen-bond acceptors (Lipinski definition) is 4. The molecule has 2 N–H and O–H groups in total. The molecule has 0 saturated heterocycles. The Kier molecular flexibility index (Phi) is 4.75. The Bertz CT molecular complexity index is 746. The number of aliphatic hydroxyl groups excluding tert-OH is 1. The molecule has 0 unspecified atom stereocenters. The second-order valence-corrected chi connectivity index (χ2v) is 5.12. The van der Waals surface area contributed by atoms with Gasteiger partial charge in [0.2, 0.25) is 0 Å². The lowest BCUT2D eigenvalue weighted by Gasteiger charge is -2.10. The van der Waals surface area contributed by atoms with Crippen molar-refractivity contribution < 1.29 is 14.8 Å². The van der Waals surface area contributed by atoms with E-state index in [-0.39, 0.29) is 22.9 Å². The molecule has 2 aromatic rings. The molecule has 0 aliphatic rings. The number of carbonyl (C=O) groups is 1. The molecular weight excluding hydrogens is 308 g/mol. The maximum atomic E-state index is 12.3. The lowest BCUT2D eigenvalue weighted by molar-refractivity contribution is -0.385. The van der Waals surface area contributed by atoms with E-state index in [1.165, 1.54) is 12.1 Å². The predicted molar refractivity (Wildman–Crippen MR) is 83.2 cm³/mol. The van der Waals surface area contributed by atoms with Gasteiger partial charge in [-0.3, -0.25) is 14.9 Å². The molecule has 0 saturated carbocycles. The fraction of sp³-hybridized carbons (Fsp3) is 0.133. The zero-order valence-electron chi connectivity index (χ0n) is 11.7. The molecule has 6 nitrogen and oxygen atoms in total. The van der Waals surface area contributed by atoms with E-state index in [1.807, 2.05) is 0 Å². The number of rotatable bonds is 4. The van der Waals surface area contributed by atoms with E-state index >= 15 is 0 Å². The van der Waals surface area contributed by atoms with Crippen LogP contribution in [-0.2, 0) is 6.61 Å². The van der Waals surface area contributed by atoms with Gasteiger partial charge < -0.3 is 10.4 Å². The molecule has 0 spiro atoms. The van der Waals surface area contributed by atoms with Gasteiger partial charge in [-0.05, 0) is 36.2 Å². The molecule has 2 aromatic carbocycles. The maximum Gasteiger partial charge on any atom is 0.283 e. The fourth-order valence-electron chi connectivity index (χ4n) is 1.94. The van der Waals surface area contributed by atoms with E-state index in [1.54, 1.807) is 25.1 Å². The SMILES string of the molecule is Cc1ccc(CO)cc1NC(=O)c1ccc(Cl)cc1[N+](=O)[O-]. The summed E-state index contributed by atoms with van der Waals surface area (Å²) in [6.07, 6.45) is 0. The summed E-state index contributed by atoms with van der Waals surface area (Å²) in [7, 11) is 0. The van der Waals surface area contributed by atoms with Crippen LogP contribution in [-0.4, -0.2) is 15.9 Å². The van der Waals surface area contributed by atoms with Gasteiger partial charge in [0.1, 0.15) is 5.56 Å². The van der Waals surface area contributed by atoms with Crippen LogP contribution in [0.1, 0.15) is 21.5 Å². The Hall–Kier alpha value is -2.44. The Balaban J connectivity index is 2.36. The highest BCUT2D eigenvalue weighted by Crippen LogP contribution is 2.25. The van der Waals surface area contributed by atoms with Crippen LogP contribution in [0, 0.1) is 17.0 Å². The standard InChI is InChI=1S/C15H13ClN2O4/c1-9-2-3-10(8-19)6-13(9)17-15(20)12-5-4-11(16)7-14(12)18(21)22/h2-7,19H,8H2,1H3,(H,17,20). The molecule has 0 aliphatic carbocycles. The molecular formula is C15H13ClN2O4. The zero-order chi connectivity index (χ0) is 16.3. The van der Waals surface area contributed by atoms with E-state index in [0.717, 1.165) is 11.6 Å². The number of aryl methyl sites for hydroxylation is 1. The summed E-state index contributed by atoms with van der Waals surface area (Å²) in [6.45, 7) is 1.62. The molecule has 0 atom stereocenters. The molecule has 0 aliphatic heterocycles. The minimum atomic E-state index is -0.655. The second kappa shape index (κ2) is 6.55. The van der Waals surface area contributed by atoms with Crippen LogP contribution >= 0.6 is 11.6 Å². The van der Waals surface area contributed by atoms with Crippen molar-refractivity contribution in [3.05, 3.63) is 68.2 Å². The summed E-state index contributed by atoms with van der Waals surface area (Å²) >= 11 is 5.73. The van der Waals surface area contributed by atoms with Gasteiger partial charge in [0, 0.05) is 16.8 Å². The third-order valence-corrected chi connectivity index (χ3v) is 3.37. The largest absolute Gasteiger partial charge is 0.392 e. The molecule has 7 heteroatoms. The average Bonchev–Trinajstić information content (AvgIpc) is 2.49. The minimum Gasteiger partial charge on any atom is -0.392 e. The molecule has 0 aromatic heterocycles. The van der Waals surface area contributed by atoms with E-state index in [2.05, 4.69) is 5.32 Å². The van der Waals surface area contributed by atoms with Crippen LogP contribution in [0.25, 0.3) is 0 Å². The van der Waals surface area contributed by atoms with Crippen molar-refractivity contribution >= 4 is 28.9 Å². The number of benzene rings is 2. The maximum absolute atomic E-state index is 12.3. The number of hydrogen-bond donors (Lipinski definition) is 2. The second-order valence-electron chi connectivity index (χ2n) is 4.68. The van der Waals surface area contributed by atoms with Crippen molar-refractivity contribution in [2.75, 3.05) is 5.32 Å². The molecule has 0 radical (unpaired) electrons. The van der Waals surface area contributed by atoms with Crippen LogP contribution in [0.3, 0.4) is 0 Å². The van der Waals surface area contributed by atoms with Crippen LogP contribution in [0.15, 0.2) is 36.4 Å². The van der Waals surface area contributed by atoms with Gasteiger partial charge in [-0.2, -0.15) is 0 Å². The van der Waals surface area contributed by atoms with Crippen molar-refractivity contribution in [1.29, 1.82) is 0 Å². The highest BCUT2D eigenvalue weighted by atomic mass is 35.5. The van der Waals surface area contributed by atoms with Crippen LogP contribution < -0.4 is 5.32 Å². The minimum absolute atomic E-state index is 0.0804. The number of nitro benzene ring substituents is 1. The summed E-state index contributed by atoms with van der Waals surface area (Å²) in [4.78, 5) is 22.7. The topological polar surface area (TPSA) is 92.5 Å². The molecule has 2 rings (SSSR count). The predicted octanol–water partition coefficient (Wildman–Crippen LogP) is 3.30. The third kappa shape index (κ3) is 3.41. The Morgan fingerprint density at radius 1 is 1.32 bits per heavy atom. The van der Waals surface area contributed by atoms with Crippen molar-refractivity contribution in [1.82, 2.24) is 0 Å². The van der Waals surface area contributed by atoms with Gasteiger partial charge in [0.05, 0.1) is 11.5 Å². The van der Waals surface area contributed by atoms with Gasteiger partial charge in [-0.1, -0.05) is 23.7 Å². The molecule has 114 valence electrons. The monoisotopic (exact) mass is 320 g/mol. The van der Waals surface area contributed by atoms with Crippen molar-refractivity contribution in [2.24, 2.45) is 0 Å². The number of carbonyl (C=O) groups excluding carboxylic acids is 1. The molecule has 22 heavy (non-hydrogen) atoms. The first-order valence-corrected chi connectivity index (χ1v) is 6.76. The smallest absolute Gasteiger partial charge is 0.283 e. The summed E-state index contributed by atoms with van der Waals surface area (Å²) in [6, 6.07) is 8.96. The third-order valence-electron chi connectivity index (χ3n) is 3.13. The fourth-order valence-corrected chi connectivity index (χ4v) is 2.11. The average molecular weight is 321 g/mol. The number of nitro groups is 1. The van der Waals surface area contributed by atoms with Gasteiger partial charge in [-0.25, -0.2) is 0 Å². The quantitative estimate of drug-likeness (QED) is 0.667. The van der Waals surface area contributed by atoms with E-state index in [9.17, 15) is 14.9 Å². The summed E-state index contributed by atoms with van der Waals surface area (Å²) in [5, 5.41) is 23.0. The lowest BCUT2D eigenvalue weighted by Crippen LogP contribution is -2.15. The Morgan fingerprint density at radius 3 is 2.68 bits per heavy atom. The van der Waals surface area contributed by atoms with Crippen molar-refractivity contribution in [3.8, 4) is 0 Å². The van der Waals surface area contributed by atoms with Gasteiger partial charge >= 0.3 is 0 Å². The van der Waals surface area contributed by atoms with Crippen molar-refractivity contribution in [2.45, 2.75) is 13.5 Å². The first-order valence-electron chi connectivity index (χ1n) is 6.38. The van der Waals surface area contributed by atoms with Gasteiger partial charge in [0.15, 0.2) is 0 Å². The Labute approximate surface area is 131 Å². The Morgan fingerprint density at radius 2 is 2.05 bits per heavy atom. The zero-order valence-corrected chi connectivity index (χ0v) is 12.4. The first kappa shape index (κ1) is 15.9. The van der Waals surface area contributed by atoms with Gasteiger partial charge in [0.25, 0.3) is 11.6 Å². The first-order chi connectivity index (χ1) is 10.4. The van der Waals surface area contributed by atoms with E-state index < -0.39 is 10.8 Å². The normalized spacial score (nSPS) is 10.3. The van der Waals surface area contributed by atoms with E-state index in [0.29, 0.717) is 11.3 Å². The lowest BCUT2D eigenvalue weighted by atomic mass is 10.1. The molecule has 1 amide bonds. The number of amides is 1. The highest BCUT2D eigenvalue weighted by Gasteiger charge is 2.21. The van der Waals surface area contributed by atoms with Crippen LogP contribution in [0.4, 0.5) is 11.4 Å². The summed E-state index contributed by atoms with van der Waals surface area (Å²) < 4.78 is 0. The molecule has 0 fully saturated rings. The molecule has 0 heterocycles. The number of aliphatic hydroxyl groups is 1. The van der Waals surface area contributed by atoms with Crippen LogP contribution in [0.5, 0.6) is 0 Å². The number of halogens is 1. The summed E-state index contributed by atoms with van der Waals surface area (Å²) in [5.74, 6) is -0.610. The summed E-state index contributed by atoms with van der Waals surface area (Å²) in [5.41, 5.74) is 1.46. The van der Waals surface area contributed by atoms with E-state index in [4.69, 9.17) is 16.7 Å². The van der Waals surface area contributed by atoms with Crippen LogP contribution in [0.2, 0.25) is 5.02 Å². The molecule has 0 bridgehead atoms. The number of nitrogens with zero attached hydrogens (tertiary/aromatic N) is 1. The number of nitrogens with one attached hydrogen (secondary N) is 1.